The van der Waals surface area contributed by atoms with Crippen LogP contribution < -0.4 is 25.0 Å². The van der Waals surface area contributed by atoms with E-state index in [0.717, 1.165) is 62.6 Å². The van der Waals surface area contributed by atoms with Gasteiger partial charge >= 0.3 is 0 Å². The SMILES string of the molecule is COCCN(CC1CCN(c2cnc(C(=O)NC3C(C)(C)C(Oc4ccc(C#N)c(Cl)c4)C3(C)C)cn2)CC1)C1CC(Oc2ccc3c(c2)C(=O)N([C@@H]2CCC(=O)NC2=O)C3=O)C1. The Kier molecular flexibility index (Phi) is 12.2. The number of nitrogens with one attached hydrogen (secondary N) is 2. The first kappa shape index (κ1) is 44.0. The third-order valence-corrected chi connectivity index (χ3v) is 13.9. The molecule has 0 unspecified atom stereocenters. The lowest BCUT2D eigenvalue weighted by Gasteiger charge is -2.63. The number of piperidine rings is 2. The molecule has 8 rings (SSSR count). The van der Waals surface area contributed by atoms with Gasteiger partial charge in [0.25, 0.3) is 17.7 Å². The van der Waals surface area contributed by atoms with Crippen molar-refractivity contribution in [2.45, 2.75) is 96.6 Å². The topological polar surface area (TPSA) is 196 Å². The molecule has 5 aliphatic rings. The maximum atomic E-state index is 13.5. The summed E-state index contributed by atoms with van der Waals surface area (Å²) in [5.74, 6) is -0.177. The molecule has 3 aromatic rings. The van der Waals surface area contributed by atoms with Crippen molar-refractivity contribution < 1.29 is 38.2 Å². The first-order valence-corrected chi connectivity index (χ1v) is 22.0. The largest absolute Gasteiger partial charge is 0.490 e. The number of ether oxygens (including phenoxy) is 3. The highest BCUT2D eigenvalue weighted by atomic mass is 35.5. The number of rotatable bonds is 14. The highest BCUT2D eigenvalue weighted by Gasteiger charge is 2.64. The van der Waals surface area contributed by atoms with Gasteiger partial charge in [-0.05, 0) is 55.5 Å². The molecule has 4 fully saturated rings. The third-order valence-electron chi connectivity index (χ3n) is 13.6. The van der Waals surface area contributed by atoms with E-state index in [1.807, 2.05) is 0 Å². The molecule has 1 atom stereocenters. The van der Waals surface area contributed by atoms with Crippen LogP contribution in [0.25, 0.3) is 0 Å². The van der Waals surface area contributed by atoms with E-state index in [4.69, 9.17) is 25.8 Å². The predicted molar refractivity (Wildman–Crippen MR) is 230 cm³/mol. The van der Waals surface area contributed by atoms with Gasteiger partial charge in [-0.3, -0.25) is 39.1 Å². The Hall–Kier alpha value is -5.63. The minimum absolute atomic E-state index is 0.0558. The number of carbonyl (C=O) groups is 5. The number of aromatic nitrogens is 2. The molecule has 2 saturated heterocycles. The Morgan fingerprint density at radius 1 is 0.952 bits per heavy atom. The molecule has 1 aromatic heterocycles. The van der Waals surface area contributed by atoms with Crippen LogP contribution in [0.5, 0.6) is 11.5 Å². The Bertz CT molecular complexity index is 2320. The van der Waals surface area contributed by atoms with Crippen molar-refractivity contribution in [1.82, 2.24) is 30.4 Å². The highest BCUT2D eigenvalue weighted by molar-refractivity contribution is 6.31. The number of imide groups is 2. The van der Waals surface area contributed by atoms with Crippen LogP contribution in [-0.4, -0.2) is 120 Å². The van der Waals surface area contributed by atoms with Gasteiger partial charge < -0.3 is 24.4 Å². The second kappa shape index (κ2) is 17.5. The number of halogens is 1. The van der Waals surface area contributed by atoms with Gasteiger partial charge in [0.1, 0.15) is 47.3 Å². The number of anilines is 1. The summed E-state index contributed by atoms with van der Waals surface area (Å²) in [6.45, 7) is 12.2. The Labute approximate surface area is 371 Å². The number of hydrogen-bond acceptors (Lipinski definition) is 13. The van der Waals surface area contributed by atoms with Gasteiger partial charge in [-0.25, -0.2) is 9.97 Å². The van der Waals surface area contributed by atoms with E-state index in [9.17, 15) is 29.2 Å². The van der Waals surface area contributed by atoms with Gasteiger partial charge in [-0.2, -0.15) is 5.26 Å². The summed E-state index contributed by atoms with van der Waals surface area (Å²) >= 11 is 6.25. The molecule has 0 radical (unpaired) electrons. The summed E-state index contributed by atoms with van der Waals surface area (Å²) in [4.78, 5) is 78.8. The first-order chi connectivity index (χ1) is 30.1. The molecule has 5 amide bonds. The van der Waals surface area contributed by atoms with Crippen LogP contribution in [-0.2, 0) is 14.3 Å². The van der Waals surface area contributed by atoms with Crippen molar-refractivity contribution in [3.63, 3.8) is 0 Å². The van der Waals surface area contributed by atoms with E-state index in [1.54, 1.807) is 55.9 Å². The van der Waals surface area contributed by atoms with Crippen molar-refractivity contribution in [1.29, 1.82) is 5.26 Å². The minimum atomic E-state index is -1.02. The number of amides is 5. The second-order valence-electron chi connectivity index (χ2n) is 18.5. The molecule has 3 aliphatic heterocycles. The third kappa shape index (κ3) is 8.58. The average Bonchev–Trinajstić information content (AvgIpc) is 3.49. The molecule has 4 heterocycles. The average molecular weight is 881 g/mol. The van der Waals surface area contributed by atoms with Gasteiger partial charge in [0.2, 0.25) is 11.8 Å². The number of nitriles is 1. The van der Waals surface area contributed by atoms with Gasteiger partial charge in [0, 0.05) is 81.5 Å². The van der Waals surface area contributed by atoms with E-state index in [-0.39, 0.29) is 53.8 Å². The Balaban J connectivity index is 0.801. The zero-order valence-electron chi connectivity index (χ0n) is 36.2. The Morgan fingerprint density at radius 3 is 2.30 bits per heavy atom. The maximum Gasteiger partial charge on any atom is 0.271 e. The summed E-state index contributed by atoms with van der Waals surface area (Å²) in [6.07, 6.45) is 6.67. The standard InChI is InChI=1S/C46H53ClN8O8/c1-45(2)43(46(3,4)44(45)63-30-7-6-27(22-48)34(47)21-30)52-39(57)35-23-50-37(24-49-35)53-14-12-26(13-15-53)25-54(16-17-61-5)28-18-31(19-28)62-29-8-9-32-33(20-29)42(60)55(41(32)59)36-10-11-38(56)51-40(36)58/h6-9,20-21,23-24,26,28,31,36,43-44H,10-19,25H2,1-5H3,(H,52,57)(H,51,56,58)/t28?,31?,36-,43?,44?/m1/s1. The van der Waals surface area contributed by atoms with Gasteiger partial charge in [0.15, 0.2) is 0 Å². The maximum absolute atomic E-state index is 13.5. The van der Waals surface area contributed by atoms with Crippen LogP contribution in [0.2, 0.25) is 5.02 Å². The van der Waals surface area contributed by atoms with Crippen molar-refractivity contribution in [2.24, 2.45) is 16.7 Å². The van der Waals surface area contributed by atoms with Crippen LogP contribution in [0.4, 0.5) is 5.82 Å². The molecule has 332 valence electrons. The van der Waals surface area contributed by atoms with E-state index in [0.29, 0.717) is 40.7 Å². The molecule has 0 bridgehead atoms. The normalized spacial score (nSPS) is 25.1. The van der Waals surface area contributed by atoms with Crippen molar-refractivity contribution in [2.75, 3.05) is 44.8 Å². The van der Waals surface area contributed by atoms with Crippen LogP contribution >= 0.6 is 11.6 Å². The molecule has 16 nitrogen and oxygen atoms in total. The van der Waals surface area contributed by atoms with Crippen LogP contribution in [0.3, 0.4) is 0 Å². The van der Waals surface area contributed by atoms with Crippen molar-refractivity contribution >= 4 is 47.0 Å². The van der Waals surface area contributed by atoms with Crippen molar-refractivity contribution in [3.05, 3.63) is 76.2 Å². The molecular formula is C46H53ClN8O8. The number of carbonyl (C=O) groups excluding carboxylic acids is 5. The molecule has 0 spiro atoms. The number of benzene rings is 2. The van der Waals surface area contributed by atoms with E-state index >= 15 is 0 Å². The van der Waals surface area contributed by atoms with Gasteiger partial charge in [-0.15, -0.1) is 0 Å². The summed E-state index contributed by atoms with van der Waals surface area (Å²) < 4.78 is 18.1. The second-order valence-corrected chi connectivity index (χ2v) is 18.9. The number of methoxy groups -OCH3 is 1. The summed E-state index contributed by atoms with van der Waals surface area (Å²) in [6, 6.07) is 11.0. The van der Waals surface area contributed by atoms with Crippen molar-refractivity contribution in [3.8, 4) is 17.6 Å². The quantitative estimate of drug-likeness (QED) is 0.210. The molecule has 2 aromatic carbocycles. The number of hydrogen-bond donors (Lipinski definition) is 2. The van der Waals surface area contributed by atoms with E-state index < -0.39 is 40.5 Å². The number of nitrogens with zero attached hydrogens (tertiary/aromatic N) is 6. The zero-order chi connectivity index (χ0) is 44.8. The van der Waals surface area contributed by atoms with Crippen LogP contribution in [0.1, 0.15) is 103 Å². The number of fused-ring (bicyclic) bond motifs is 1. The molecule has 63 heavy (non-hydrogen) atoms. The van der Waals surface area contributed by atoms with Gasteiger partial charge in [0.05, 0.1) is 40.7 Å². The summed E-state index contributed by atoms with van der Waals surface area (Å²) in [5.41, 5.74) is 0.229. The van der Waals surface area contributed by atoms with Crippen LogP contribution in [0, 0.1) is 28.1 Å². The fourth-order valence-electron chi connectivity index (χ4n) is 10.4. The zero-order valence-corrected chi connectivity index (χ0v) is 36.9. The summed E-state index contributed by atoms with van der Waals surface area (Å²) in [5, 5.41) is 15.0. The summed E-state index contributed by atoms with van der Waals surface area (Å²) in [7, 11) is 1.71. The lowest BCUT2D eigenvalue weighted by molar-refractivity contribution is -0.164. The van der Waals surface area contributed by atoms with Crippen LogP contribution in [0.15, 0.2) is 48.8 Å². The highest BCUT2D eigenvalue weighted by Crippen LogP contribution is 2.55. The molecule has 2 N–H and O–H groups in total. The minimum Gasteiger partial charge on any atom is -0.490 e. The predicted octanol–water partition coefficient (Wildman–Crippen LogP) is 4.79. The smallest absolute Gasteiger partial charge is 0.271 e. The van der Waals surface area contributed by atoms with Gasteiger partial charge in [-0.1, -0.05) is 39.3 Å². The Morgan fingerprint density at radius 2 is 1.65 bits per heavy atom. The monoisotopic (exact) mass is 880 g/mol. The van der Waals surface area contributed by atoms with E-state index in [1.165, 1.54) is 0 Å². The first-order valence-electron chi connectivity index (χ1n) is 21.6. The molecular weight excluding hydrogens is 828 g/mol. The molecule has 2 aliphatic carbocycles. The molecule has 2 saturated carbocycles. The lowest BCUT2D eigenvalue weighted by Crippen LogP contribution is -2.74. The fourth-order valence-corrected chi connectivity index (χ4v) is 10.6. The molecule has 17 heteroatoms. The van der Waals surface area contributed by atoms with E-state index in [2.05, 4.69) is 64.2 Å². The fraction of sp³-hybridized carbons (Fsp3) is 0.522. The lowest BCUT2D eigenvalue weighted by atomic mass is 9.49.